The van der Waals surface area contributed by atoms with Crippen molar-refractivity contribution in [1.29, 1.82) is 0 Å². The first kappa shape index (κ1) is 9.90. The SMILES string of the molecule is C[C@@H](/C=C/c1ccccc1)C(F)F. The van der Waals surface area contributed by atoms with E-state index in [9.17, 15) is 8.78 Å². The summed E-state index contributed by atoms with van der Waals surface area (Å²) in [5.74, 6) is -0.680. The number of rotatable bonds is 3. The van der Waals surface area contributed by atoms with Crippen molar-refractivity contribution in [3.05, 3.63) is 42.0 Å². The van der Waals surface area contributed by atoms with E-state index in [1.807, 2.05) is 30.3 Å². The summed E-state index contributed by atoms with van der Waals surface area (Å²) in [5, 5.41) is 0. The third-order valence-electron chi connectivity index (χ3n) is 1.79. The number of hydrogen-bond acceptors (Lipinski definition) is 0. The third-order valence-corrected chi connectivity index (χ3v) is 1.79. The van der Waals surface area contributed by atoms with Crippen LogP contribution in [0.5, 0.6) is 0 Å². The van der Waals surface area contributed by atoms with Crippen LogP contribution in [0.3, 0.4) is 0 Å². The van der Waals surface area contributed by atoms with Gasteiger partial charge in [0.25, 0.3) is 0 Å². The first-order valence-corrected chi connectivity index (χ1v) is 4.21. The molecule has 0 aliphatic heterocycles. The zero-order valence-corrected chi connectivity index (χ0v) is 7.45. The van der Waals surface area contributed by atoms with Gasteiger partial charge in [0.1, 0.15) is 0 Å². The summed E-state index contributed by atoms with van der Waals surface area (Å²) in [4.78, 5) is 0. The molecule has 1 aromatic rings. The standard InChI is InChI=1S/C11H12F2/c1-9(11(12)13)7-8-10-5-3-2-4-6-10/h2-9,11H,1H3/b8-7+/t9-/m0/s1. The molecule has 0 unspecified atom stereocenters. The number of halogens is 2. The molecule has 13 heavy (non-hydrogen) atoms. The maximum absolute atomic E-state index is 12.1. The molecule has 0 aliphatic carbocycles. The van der Waals surface area contributed by atoms with Crippen molar-refractivity contribution >= 4 is 6.08 Å². The van der Waals surface area contributed by atoms with Crippen molar-refractivity contribution in [3.8, 4) is 0 Å². The molecule has 0 aromatic heterocycles. The van der Waals surface area contributed by atoms with Crippen LogP contribution in [0.4, 0.5) is 8.78 Å². The minimum Gasteiger partial charge on any atom is -0.210 e. The largest absolute Gasteiger partial charge is 0.244 e. The van der Waals surface area contributed by atoms with E-state index in [0.29, 0.717) is 0 Å². The van der Waals surface area contributed by atoms with Crippen molar-refractivity contribution < 1.29 is 8.78 Å². The highest BCUT2D eigenvalue weighted by Gasteiger charge is 2.09. The molecule has 0 fully saturated rings. The summed E-state index contributed by atoms with van der Waals surface area (Å²) in [6.07, 6.45) is 0.969. The lowest BCUT2D eigenvalue weighted by Crippen LogP contribution is -2.01. The maximum atomic E-state index is 12.1. The van der Waals surface area contributed by atoms with Gasteiger partial charge in [-0.25, -0.2) is 8.78 Å². The first-order chi connectivity index (χ1) is 6.20. The molecule has 0 nitrogen and oxygen atoms in total. The van der Waals surface area contributed by atoms with Crippen LogP contribution >= 0.6 is 0 Å². The molecule has 0 spiro atoms. The fourth-order valence-electron chi connectivity index (χ4n) is 0.911. The van der Waals surface area contributed by atoms with Gasteiger partial charge in [-0.1, -0.05) is 49.4 Å². The Kier molecular flexibility index (Phi) is 3.62. The van der Waals surface area contributed by atoms with E-state index in [4.69, 9.17) is 0 Å². The molecule has 0 bridgehead atoms. The van der Waals surface area contributed by atoms with Gasteiger partial charge in [-0.2, -0.15) is 0 Å². The molecule has 1 rings (SSSR count). The van der Waals surface area contributed by atoms with E-state index >= 15 is 0 Å². The molecule has 1 aromatic carbocycles. The number of benzene rings is 1. The van der Waals surface area contributed by atoms with Gasteiger partial charge in [0.05, 0.1) is 0 Å². The van der Waals surface area contributed by atoms with Crippen LogP contribution in [0.2, 0.25) is 0 Å². The molecule has 0 radical (unpaired) electrons. The van der Waals surface area contributed by atoms with Crippen molar-refractivity contribution in [2.75, 3.05) is 0 Å². The van der Waals surface area contributed by atoms with Crippen LogP contribution in [0.1, 0.15) is 12.5 Å². The highest BCUT2D eigenvalue weighted by Crippen LogP contribution is 2.12. The van der Waals surface area contributed by atoms with Gasteiger partial charge in [-0.15, -0.1) is 0 Å². The summed E-state index contributed by atoms with van der Waals surface area (Å²) in [5.41, 5.74) is 0.954. The highest BCUT2D eigenvalue weighted by molar-refractivity contribution is 5.48. The smallest absolute Gasteiger partial charge is 0.210 e. The predicted molar refractivity (Wildman–Crippen MR) is 50.6 cm³/mol. The average molecular weight is 182 g/mol. The fourth-order valence-corrected chi connectivity index (χ4v) is 0.911. The van der Waals surface area contributed by atoms with E-state index in [1.54, 1.807) is 6.08 Å². The second kappa shape index (κ2) is 4.75. The zero-order chi connectivity index (χ0) is 9.68. The molecule has 0 amide bonds. The van der Waals surface area contributed by atoms with Crippen molar-refractivity contribution in [2.24, 2.45) is 5.92 Å². The molecule has 0 N–H and O–H groups in total. The molecule has 0 heterocycles. The lowest BCUT2D eigenvalue weighted by molar-refractivity contribution is 0.109. The minimum absolute atomic E-state index is 0.680. The summed E-state index contributed by atoms with van der Waals surface area (Å²) < 4.78 is 24.2. The van der Waals surface area contributed by atoms with Crippen LogP contribution < -0.4 is 0 Å². The van der Waals surface area contributed by atoms with E-state index in [-0.39, 0.29) is 0 Å². The van der Waals surface area contributed by atoms with E-state index in [2.05, 4.69) is 0 Å². The molecule has 0 aliphatic rings. The Morgan fingerprint density at radius 1 is 1.15 bits per heavy atom. The van der Waals surface area contributed by atoms with Crippen LogP contribution in [0.25, 0.3) is 6.08 Å². The Labute approximate surface area is 76.9 Å². The minimum atomic E-state index is -2.28. The van der Waals surface area contributed by atoms with Gasteiger partial charge < -0.3 is 0 Å². The highest BCUT2D eigenvalue weighted by atomic mass is 19.3. The predicted octanol–water partition coefficient (Wildman–Crippen LogP) is 3.60. The first-order valence-electron chi connectivity index (χ1n) is 4.21. The lowest BCUT2D eigenvalue weighted by Gasteiger charge is -2.02. The van der Waals surface area contributed by atoms with Gasteiger partial charge in [0.15, 0.2) is 0 Å². The summed E-state index contributed by atoms with van der Waals surface area (Å²) in [7, 11) is 0. The molecule has 0 saturated carbocycles. The number of hydrogen-bond donors (Lipinski definition) is 0. The molecule has 70 valence electrons. The van der Waals surface area contributed by atoms with Gasteiger partial charge in [-0.05, 0) is 5.56 Å². The Bertz CT molecular complexity index is 265. The van der Waals surface area contributed by atoms with Crippen LogP contribution in [-0.2, 0) is 0 Å². The number of allylic oxidation sites excluding steroid dienone is 1. The Hall–Kier alpha value is -1.18. The third kappa shape index (κ3) is 3.36. The summed E-state index contributed by atoms with van der Waals surface area (Å²) in [6.45, 7) is 1.50. The average Bonchev–Trinajstić information content (AvgIpc) is 2.15. The Morgan fingerprint density at radius 3 is 2.31 bits per heavy atom. The van der Waals surface area contributed by atoms with E-state index < -0.39 is 12.3 Å². The van der Waals surface area contributed by atoms with Gasteiger partial charge >= 0.3 is 0 Å². The fraction of sp³-hybridized carbons (Fsp3) is 0.273. The van der Waals surface area contributed by atoms with Gasteiger partial charge in [0, 0.05) is 5.92 Å². The van der Waals surface area contributed by atoms with Crippen molar-refractivity contribution in [1.82, 2.24) is 0 Å². The quantitative estimate of drug-likeness (QED) is 0.670. The lowest BCUT2D eigenvalue weighted by atomic mass is 10.1. The molecule has 0 saturated heterocycles. The molecule has 1 atom stereocenters. The van der Waals surface area contributed by atoms with Gasteiger partial charge in [0.2, 0.25) is 6.43 Å². The van der Waals surface area contributed by atoms with Crippen molar-refractivity contribution in [3.63, 3.8) is 0 Å². The second-order valence-corrected chi connectivity index (χ2v) is 2.96. The summed E-state index contributed by atoms with van der Waals surface area (Å²) in [6, 6.07) is 9.43. The molecular weight excluding hydrogens is 170 g/mol. The second-order valence-electron chi connectivity index (χ2n) is 2.96. The Balaban J connectivity index is 2.59. The number of alkyl halides is 2. The van der Waals surface area contributed by atoms with E-state index in [1.165, 1.54) is 13.0 Å². The monoisotopic (exact) mass is 182 g/mol. The van der Waals surface area contributed by atoms with Crippen LogP contribution in [-0.4, -0.2) is 6.43 Å². The Morgan fingerprint density at radius 2 is 1.77 bits per heavy atom. The topological polar surface area (TPSA) is 0 Å². The summed E-state index contributed by atoms with van der Waals surface area (Å²) >= 11 is 0. The van der Waals surface area contributed by atoms with Crippen LogP contribution in [0, 0.1) is 5.92 Å². The molecule has 2 heteroatoms. The van der Waals surface area contributed by atoms with Crippen LogP contribution in [0.15, 0.2) is 36.4 Å². The van der Waals surface area contributed by atoms with Gasteiger partial charge in [-0.3, -0.25) is 0 Å². The zero-order valence-electron chi connectivity index (χ0n) is 7.45. The maximum Gasteiger partial charge on any atom is 0.244 e. The molecular formula is C11H12F2. The van der Waals surface area contributed by atoms with E-state index in [0.717, 1.165) is 5.56 Å². The van der Waals surface area contributed by atoms with Crippen molar-refractivity contribution in [2.45, 2.75) is 13.3 Å². The normalized spacial score (nSPS) is 13.8.